The van der Waals surface area contributed by atoms with Gasteiger partial charge in [0.15, 0.2) is 0 Å². The van der Waals surface area contributed by atoms with Crippen molar-refractivity contribution in [1.82, 2.24) is 10.2 Å². The van der Waals surface area contributed by atoms with Gasteiger partial charge in [-0.25, -0.2) is 9.69 Å². The summed E-state index contributed by atoms with van der Waals surface area (Å²) in [4.78, 5) is 38.8. The molecule has 2 unspecified atom stereocenters. The van der Waals surface area contributed by atoms with Crippen LogP contribution in [0.15, 0.2) is 54.6 Å². The van der Waals surface area contributed by atoms with E-state index in [1.165, 1.54) is 6.92 Å². The number of carbonyl (C=O) groups is 3. The van der Waals surface area contributed by atoms with E-state index in [4.69, 9.17) is 11.6 Å². The van der Waals surface area contributed by atoms with Crippen LogP contribution < -0.4 is 10.6 Å². The molecule has 1 saturated heterocycles. The summed E-state index contributed by atoms with van der Waals surface area (Å²) in [5.41, 5.74) is -0.0112. The minimum atomic E-state index is -1.20. The Kier molecular flexibility index (Phi) is 4.70. The molecule has 0 bridgehead atoms. The third kappa shape index (κ3) is 3.15. The van der Waals surface area contributed by atoms with Crippen LogP contribution in [0.2, 0.25) is 5.02 Å². The van der Waals surface area contributed by atoms with E-state index in [9.17, 15) is 14.4 Å². The maximum atomic E-state index is 12.9. The zero-order valence-corrected chi connectivity index (χ0v) is 15.1. The largest absolute Gasteiger partial charge is 0.326 e. The first-order valence-corrected chi connectivity index (χ1v) is 8.48. The standard InChI is InChI=1S/C19H18ClN3O3/c1-12(16(24)21-15-10-8-14(20)9-11-15)23-17(25)19(2,22-18(23)26)13-6-4-3-5-7-13/h3-12H,1-2H3,(H,21,24)(H,22,26). The van der Waals surface area contributed by atoms with E-state index in [0.29, 0.717) is 16.3 Å². The lowest BCUT2D eigenvalue weighted by Crippen LogP contribution is -2.47. The van der Waals surface area contributed by atoms with Gasteiger partial charge in [-0.05, 0) is 43.7 Å². The molecule has 6 nitrogen and oxygen atoms in total. The van der Waals surface area contributed by atoms with E-state index in [-0.39, 0.29) is 0 Å². The molecule has 0 aliphatic carbocycles. The molecule has 4 amide bonds. The Bertz CT molecular complexity index is 854. The third-order valence-corrected chi connectivity index (χ3v) is 4.70. The van der Waals surface area contributed by atoms with Crippen molar-refractivity contribution in [3.63, 3.8) is 0 Å². The molecular formula is C19H18ClN3O3. The van der Waals surface area contributed by atoms with Crippen molar-refractivity contribution in [1.29, 1.82) is 0 Å². The summed E-state index contributed by atoms with van der Waals surface area (Å²) < 4.78 is 0. The molecular weight excluding hydrogens is 354 g/mol. The van der Waals surface area contributed by atoms with Crippen LogP contribution in [0.3, 0.4) is 0 Å². The van der Waals surface area contributed by atoms with Gasteiger partial charge < -0.3 is 10.6 Å². The van der Waals surface area contributed by atoms with Crippen LogP contribution in [0, 0.1) is 0 Å². The second-order valence-corrected chi connectivity index (χ2v) is 6.70. The van der Waals surface area contributed by atoms with E-state index in [1.54, 1.807) is 55.5 Å². The fourth-order valence-electron chi connectivity index (χ4n) is 2.88. The minimum absolute atomic E-state index is 0.465. The Hall–Kier alpha value is -2.86. The van der Waals surface area contributed by atoms with Crippen molar-refractivity contribution in [3.05, 3.63) is 65.2 Å². The molecule has 134 valence electrons. The molecule has 1 aliphatic rings. The van der Waals surface area contributed by atoms with Gasteiger partial charge in [0.1, 0.15) is 11.6 Å². The smallest absolute Gasteiger partial charge is 0.324 e. The number of amides is 4. The van der Waals surface area contributed by atoms with Gasteiger partial charge in [0.2, 0.25) is 5.91 Å². The van der Waals surface area contributed by atoms with Crippen LogP contribution in [0.4, 0.5) is 10.5 Å². The van der Waals surface area contributed by atoms with Crippen LogP contribution in [-0.2, 0) is 15.1 Å². The van der Waals surface area contributed by atoms with Gasteiger partial charge >= 0.3 is 6.03 Å². The number of hydrogen-bond donors (Lipinski definition) is 2. The molecule has 0 saturated carbocycles. The Labute approximate surface area is 156 Å². The number of imide groups is 1. The fourth-order valence-corrected chi connectivity index (χ4v) is 3.00. The number of nitrogens with zero attached hydrogens (tertiary/aromatic N) is 1. The lowest BCUT2D eigenvalue weighted by molar-refractivity contribution is -0.136. The number of carbonyl (C=O) groups excluding carboxylic acids is 3. The predicted molar refractivity (Wildman–Crippen MR) is 98.7 cm³/mol. The summed E-state index contributed by atoms with van der Waals surface area (Å²) in [6.07, 6.45) is 0. The van der Waals surface area contributed by atoms with Crippen LogP contribution in [0.1, 0.15) is 19.4 Å². The summed E-state index contributed by atoms with van der Waals surface area (Å²) in [5, 5.41) is 5.92. The monoisotopic (exact) mass is 371 g/mol. The third-order valence-electron chi connectivity index (χ3n) is 4.45. The zero-order chi connectivity index (χ0) is 18.9. The number of nitrogens with one attached hydrogen (secondary N) is 2. The Morgan fingerprint density at radius 2 is 1.73 bits per heavy atom. The molecule has 1 aliphatic heterocycles. The number of rotatable bonds is 4. The Balaban J connectivity index is 1.80. The molecule has 1 heterocycles. The van der Waals surface area contributed by atoms with Gasteiger partial charge in [-0.1, -0.05) is 41.9 Å². The molecule has 2 aromatic carbocycles. The number of halogens is 1. The van der Waals surface area contributed by atoms with Crippen LogP contribution in [-0.4, -0.2) is 28.8 Å². The predicted octanol–water partition coefficient (Wildman–Crippen LogP) is 3.13. The van der Waals surface area contributed by atoms with Crippen molar-refractivity contribution in [2.24, 2.45) is 0 Å². The average molecular weight is 372 g/mol. The number of urea groups is 1. The van der Waals surface area contributed by atoms with Crippen molar-refractivity contribution in [3.8, 4) is 0 Å². The molecule has 7 heteroatoms. The van der Waals surface area contributed by atoms with E-state index in [1.807, 2.05) is 6.07 Å². The highest BCUT2D eigenvalue weighted by atomic mass is 35.5. The van der Waals surface area contributed by atoms with E-state index < -0.39 is 29.4 Å². The Morgan fingerprint density at radius 1 is 1.12 bits per heavy atom. The second kappa shape index (κ2) is 6.80. The summed E-state index contributed by atoms with van der Waals surface area (Å²) in [5.74, 6) is -0.930. The molecule has 1 fully saturated rings. The number of anilines is 1. The maximum Gasteiger partial charge on any atom is 0.326 e. The quantitative estimate of drug-likeness (QED) is 0.810. The highest BCUT2D eigenvalue weighted by Crippen LogP contribution is 2.30. The first-order chi connectivity index (χ1) is 12.3. The molecule has 2 atom stereocenters. The van der Waals surface area contributed by atoms with Crippen molar-refractivity contribution < 1.29 is 14.4 Å². The van der Waals surface area contributed by atoms with Crippen molar-refractivity contribution in [2.45, 2.75) is 25.4 Å². The SMILES string of the molecule is CC(C(=O)Nc1ccc(Cl)cc1)N1C(=O)NC(C)(c2ccccc2)C1=O. The zero-order valence-electron chi connectivity index (χ0n) is 14.3. The van der Waals surface area contributed by atoms with Gasteiger partial charge in [-0.3, -0.25) is 9.59 Å². The molecule has 0 radical (unpaired) electrons. The fraction of sp³-hybridized carbons (Fsp3) is 0.211. The summed E-state index contributed by atoms with van der Waals surface area (Å²) in [7, 11) is 0. The molecule has 2 aromatic rings. The lowest BCUT2D eigenvalue weighted by Gasteiger charge is -2.24. The van der Waals surface area contributed by atoms with Gasteiger partial charge in [0.25, 0.3) is 5.91 Å². The second-order valence-electron chi connectivity index (χ2n) is 6.27. The topological polar surface area (TPSA) is 78.5 Å². The summed E-state index contributed by atoms with van der Waals surface area (Å²) in [6, 6.07) is 13.9. The average Bonchev–Trinajstić information content (AvgIpc) is 2.87. The first-order valence-electron chi connectivity index (χ1n) is 8.10. The summed E-state index contributed by atoms with van der Waals surface area (Å²) in [6.45, 7) is 3.14. The van der Waals surface area contributed by atoms with Gasteiger partial charge in [-0.15, -0.1) is 0 Å². The van der Waals surface area contributed by atoms with E-state index >= 15 is 0 Å². The Morgan fingerprint density at radius 3 is 2.35 bits per heavy atom. The number of hydrogen-bond acceptors (Lipinski definition) is 3. The van der Waals surface area contributed by atoms with Crippen LogP contribution >= 0.6 is 11.6 Å². The van der Waals surface area contributed by atoms with E-state index in [0.717, 1.165) is 4.90 Å². The molecule has 0 spiro atoms. The van der Waals surface area contributed by atoms with Crippen LogP contribution in [0.5, 0.6) is 0 Å². The summed E-state index contributed by atoms with van der Waals surface area (Å²) >= 11 is 5.82. The van der Waals surface area contributed by atoms with Gasteiger partial charge in [0, 0.05) is 10.7 Å². The molecule has 3 rings (SSSR count). The van der Waals surface area contributed by atoms with Gasteiger partial charge in [-0.2, -0.15) is 0 Å². The molecule has 2 N–H and O–H groups in total. The minimum Gasteiger partial charge on any atom is -0.324 e. The maximum absolute atomic E-state index is 12.9. The number of benzene rings is 2. The van der Waals surface area contributed by atoms with Crippen molar-refractivity contribution in [2.75, 3.05) is 5.32 Å². The van der Waals surface area contributed by atoms with E-state index in [2.05, 4.69) is 10.6 Å². The molecule has 0 aromatic heterocycles. The normalized spacial score (nSPS) is 20.7. The molecule has 26 heavy (non-hydrogen) atoms. The lowest BCUT2D eigenvalue weighted by atomic mass is 9.92. The highest BCUT2D eigenvalue weighted by Gasteiger charge is 2.51. The highest BCUT2D eigenvalue weighted by molar-refractivity contribution is 6.30. The van der Waals surface area contributed by atoms with Gasteiger partial charge in [0.05, 0.1) is 0 Å². The van der Waals surface area contributed by atoms with Crippen LogP contribution in [0.25, 0.3) is 0 Å². The first kappa shape index (κ1) is 17.9. The van der Waals surface area contributed by atoms with Crippen molar-refractivity contribution >= 4 is 35.1 Å².